The van der Waals surface area contributed by atoms with Gasteiger partial charge in [0.05, 0.1) is 16.7 Å². The molecule has 14 aromatic carbocycles. The Morgan fingerprint density at radius 3 is 1.16 bits per heavy atom. The quantitative estimate of drug-likeness (QED) is 0.118. The lowest BCUT2D eigenvalue weighted by Crippen LogP contribution is -2.01. The highest BCUT2D eigenvalue weighted by Crippen LogP contribution is 2.47. The number of fused-ring (bicyclic) bond motifs is 12. The van der Waals surface area contributed by atoms with E-state index in [1.54, 1.807) is 0 Å². The van der Waals surface area contributed by atoms with Crippen LogP contribution in [0.2, 0.25) is 0 Å². The average molecular weight is 1340 g/mol. The number of hydrogen-bond acceptors (Lipinski definition) is 10. The summed E-state index contributed by atoms with van der Waals surface area (Å²) in [4.78, 5) is 41.7. The molecule has 6 heterocycles. The third-order valence-corrected chi connectivity index (χ3v) is 22.1. The maximum Gasteiger partial charge on any atom is 0.164 e. The normalized spacial score (nSPS) is 11.7. The first kappa shape index (κ1) is 59.0. The molecular formula is C92H54N8S2. The van der Waals surface area contributed by atoms with Gasteiger partial charge < -0.3 is 0 Å². The molecule has 0 aliphatic rings. The maximum atomic E-state index is 5.37. The van der Waals surface area contributed by atoms with Gasteiger partial charge >= 0.3 is 0 Å². The van der Waals surface area contributed by atoms with Gasteiger partial charge in [-0.15, -0.1) is 22.7 Å². The summed E-state index contributed by atoms with van der Waals surface area (Å²) in [5, 5.41) is 11.9. The molecule has 0 unspecified atom stereocenters. The van der Waals surface area contributed by atoms with E-state index in [4.69, 9.17) is 39.9 Å². The van der Waals surface area contributed by atoms with Crippen molar-refractivity contribution in [2.24, 2.45) is 0 Å². The molecule has 20 rings (SSSR count). The molecule has 0 bridgehead atoms. The van der Waals surface area contributed by atoms with Crippen molar-refractivity contribution < 1.29 is 0 Å². The Morgan fingerprint density at radius 1 is 0.196 bits per heavy atom. The summed E-state index contributed by atoms with van der Waals surface area (Å²) in [5.74, 6) is 3.46. The van der Waals surface area contributed by atoms with Crippen LogP contribution in [0.15, 0.2) is 328 Å². The second-order valence-corrected chi connectivity index (χ2v) is 27.8. The summed E-state index contributed by atoms with van der Waals surface area (Å²) in [6, 6.07) is 113. The predicted molar refractivity (Wildman–Crippen MR) is 424 cm³/mol. The molecule has 0 aliphatic carbocycles. The van der Waals surface area contributed by atoms with Crippen LogP contribution >= 0.6 is 22.7 Å². The predicted octanol–water partition coefficient (Wildman–Crippen LogP) is 24.5. The molecule has 20 aromatic rings. The summed E-state index contributed by atoms with van der Waals surface area (Å²) in [6.07, 6.45) is 1.98. The molecule has 10 heteroatoms. The molecule has 6 aromatic heterocycles. The van der Waals surface area contributed by atoms with E-state index >= 15 is 0 Å². The van der Waals surface area contributed by atoms with Gasteiger partial charge in [0.25, 0.3) is 0 Å². The van der Waals surface area contributed by atoms with E-state index in [9.17, 15) is 0 Å². The van der Waals surface area contributed by atoms with Gasteiger partial charge in [-0.2, -0.15) is 0 Å². The van der Waals surface area contributed by atoms with Crippen LogP contribution in [0, 0.1) is 0 Å². The SMILES string of the molecule is c1ccc(-c2nc(-c3ccc(-c4ccccc4-c4nc(-c5ccccc5)nc(-c5ccc(-c6cc(-c7nc8ccccc8c8ccccc78)cc7c6sc6ccccc67)cc5)n4)cc3)nc(-c3ccc(-c4cc(-c5ccc6c(c5)ncc5ccccc56)cc5c4sc4ccccc45)cc3)n2)cc1. The largest absolute Gasteiger partial charge is 0.256 e. The van der Waals surface area contributed by atoms with Crippen molar-refractivity contribution in [1.29, 1.82) is 0 Å². The van der Waals surface area contributed by atoms with Crippen LogP contribution in [0.5, 0.6) is 0 Å². The number of thiophene rings is 2. The highest BCUT2D eigenvalue weighted by Gasteiger charge is 2.22. The third-order valence-electron chi connectivity index (χ3n) is 19.6. The summed E-state index contributed by atoms with van der Waals surface area (Å²) < 4.78 is 4.97. The van der Waals surface area contributed by atoms with Crippen molar-refractivity contribution in [2.45, 2.75) is 0 Å². The Bertz CT molecular complexity index is 6730. The molecule has 474 valence electrons. The van der Waals surface area contributed by atoms with Crippen LogP contribution in [0.4, 0.5) is 0 Å². The Hall–Kier alpha value is -13.1. The molecule has 0 N–H and O–H groups in total. The van der Waals surface area contributed by atoms with E-state index in [1.807, 2.05) is 95.6 Å². The van der Waals surface area contributed by atoms with E-state index in [1.165, 1.54) is 56.7 Å². The van der Waals surface area contributed by atoms with Crippen LogP contribution in [-0.2, 0) is 0 Å². The molecule has 0 saturated carbocycles. The van der Waals surface area contributed by atoms with E-state index < -0.39 is 0 Å². The Balaban J connectivity index is 0.643. The van der Waals surface area contributed by atoms with Crippen molar-refractivity contribution in [3.63, 3.8) is 0 Å². The fourth-order valence-electron chi connectivity index (χ4n) is 14.6. The maximum absolute atomic E-state index is 5.37. The van der Waals surface area contributed by atoms with E-state index in [2.05, 4.69) is 255 Å². The fourth-order valence-corrected chi connectivity index (χ4v) is 17.0. The molecular weight excluding hydrogens is 1280 g/mol. The number of benzene rings is 14. The zero-order valence-electron chi connectivity index (χ0n) is 54.6. The van der Waals surface area contributed by atoms with Gasteiger partial charge in [0.1, 0.15) is 0 Å². The van der Waals surface area contributed by atoms with Crippen molar-refractivity contribution in [3.8, 4) is 124 Å². The van der Waals surface area contributed by atoms with Gasteiger partial charge in [-0.1, -0.05) is 273 Å². The monoisotopic (exact) mass is 1330 g/mol. The third kappa shape index (κ3) is 10.3. The zero-order chi connectivity index (χ0) is 67.2. The summed E-state index contributed by atoms with van der Waals surface area (Å²) in [6.45, 7) is 0. The van der Waals surface area contributed by atoms with Gasteiger partial charge in [-0.3, -0.25) is 4.98 Å². The minimum Gasteiger partial charge on any atom is -0.256 e. The topological polar surface area (TPSA) is 103 Å². The van der Waals surface area contributed by atoms with Crippen molar-refractivity contribution in [3.05, 3.63) is 328 Å². The summed E-state index contributed by atoms with van der Waals surface area (Å²) >= 11 is 3.66. The van der Waals surface area contributed by atoms with Gasteiger partial charge in [0.2, 0.25) is 0 Å². The number of para-hydroxylation sites is 1. The lowest BCUT2D eigenvalue weighted by Gasteiger charge is -2.14. The lowest BCUT2D eigenvalue weighted by molar-refractivity contribution is 1.07. The fraction of sp³-hybridized carbons (Fsp3) is 0. The molecule has 0 aliphatic heterocycles. The first-order valence-corrected chi connectivity index (χ1v) is 35.6. The first-order valence-electron chi connectivity index (χ1n) is 34.0. The van der Waals surface area contributed by atoms with E-state index in [-0.39, 0.29) is 0 Å². The van der Waals surface area contributed by atoms with Crippen LogP contribution in [0.3, 0.4) is 0 Å². The Kier molecular flexibility index (Phi) is 14.1. The number of nitrogens with zero attached hydrogens (tertiary/aromatic N) is 8. The van der Waals surface area contributed by atoms with Gasteiger partial charge in [-0.25, -0.2) is 34.9 Å². The second-order valence-electron chi connectivity index (χ2n) is 25.7. The first-order chi connectivity index (χ1) is 50.5. The van der Waals surface area contributed by atoms with Gasteiger partial charge in [0.15, 0.2) is 34.9 Å². The highest BCUT2D eigenvalue weighted by molar-refractivity contribution is 7.26. The van der Waals surface area contributed by atoms with Crippen molar-refractivity contribution in [1.82, 2.24) is 39.9 Å². The van der Waals surface area contributed by atoms with Gasteiger partial charge in [0, 0.05) is 118 Å². The van der Waals surface area contributed by atoms with Crippen molar-refractivity contribution >= 4 is 106 Å². The molecule has 0 fully saturated rings. The Labute approximate surface area is 594 Å². The van der Waals surface area contributed by atoms with E-state index in [0.29, 0.717) is 34.9 Å². The number of pyridine rings is 2. The van der Waals surface area contributed by atoms with Gasteiger partial charge in [-0.05, 0) is 92.7 Å². The molecule has 8 nitrogen and oxygen atoms in total. The summed E-state index contributed by atoms with van der Waals surface area (Å²) in [7, 11) is 0. The average Bonchev–Trinajstić information content (AvgIpc) is 1.46. The van der Waals surface area contributed by atoms with Crippen LogP contribution < -0.4 is 0 Å². The molecule has 0 amide bonds. The molecule has 0 atom stereocenters. The van der Waals surface area contributed by atoms with Crippen LogP contribution in [0.1, 0.15) is 0 Å². The smallest absolute Gasteiger partial charge is 0.164 e. The minimum atomic E-state index is 0.565. The standard InChI is InChI=1S/C92H54N8S2/c1-3-19-58(20-4-1)87-95-89(98-90(96-87)61-43-37-56(38-44-61)76-49-65(50-78-72-28-14-17-33-82(72)101-85(76)78)63-47-48-71-68-25-8-7-23-64(68)54-93-81(71)53-63)60-41-35-55(36-42-60)67-24-9-12-31-75(67)92-99-88(59-21-5-2-6-22-59)97-91(100-92)62-45-39-57(40-46-62)77-51-66(52-79-73-29-15-18-34-83(73)102-86(77)79)84-74-30-11-10-26-69(74)70-27-13-16-32-80(70)94-84/h1-54H. The van der Waals surface area contributed by atoms with Crippen molar-refractivity contribution in [2.75, 3.05) is 0 Å². The zero-order valence-corrected chi connectivity index (χ0v) is 56.2. The number of hydrogen-bond donors (Lipinski definition) is 0. The van der Waals surface area contributed by atoms with Crippen LogP contribution in [-0.4, -0.2) is 39.9 Å². The van der Waals surface area contributed by atoms with E-state index in [0.717, 1.165) is 116 Å². The van der Waals surface area contributed by atoms with Crippen LogP contribution in [0.25, 0.3) is 208 Å². The lowest BCUT2D eigenvalue weighted by atomic mass is 9.94. The number of aromatic nitrogens is 8. The highest BCUT2D eigenvalue weighted by atomic mass is 32.1. The summed E-state index contributed by atoms with van der Waals surface area (Å²) in [5.41, 5.74) is 18.0. The molecule has 0 saturated heterocycles. The minimum absolute atomic E-state index is 0.565. The molecule has 0 spiro atoms. The molecule has 102 heavy (non-hydrogen) atoms. The molecule has 0 radical (unpaired) electrons. The number of rotatable bonds is 11. The Morgan fingerprint density at radius 2 is 0.588 bits per heavy atom. The second kappa shape index (κ2) is 24.4.